The quantitative estimate of drug-likeness (QED) is 0.863. The minimum atomic E-state index is -0.399. The van der Waals surface area contributed by atoms with Gasteiger partial charge in [-0.3, -0.25) is 15.0 Å². The molecule has 2 aliphatic heterocycles. The average molecular weight is 334 g/mol. The number of nitrogens with zero attached hydrogens (tertiary/aromatic N) is 3. The number of hydrogen-bond acceptors (Lipinski definition) is 5. The second-order valence-corrected chi connectivity index (χ2v) is 6.21. The minimum absolute atomic E-state index is 0.0262. The monoisotopic (exact) mass is 333 g/mol. The fraction of sp³-hybridized carbons (Fsp3) is 0.500. The Kier molecular flexibility index (Phi) is 4.71. The van der Waals surface area contributed by atoms with Crippen molar-refractivity contribution in [2.75, 3.05) is 31.6 Å². The Balaban J connectivity index is 1.80. The lowest BCUT2D eigenvalue weighted by atomic mass is 10.0. The number of hydrogen-bond donors (Lipinski definition) is 2. The van der Waals surface area contributed by atoms with Gasteiger partial charge in [0.05, 0.1) is 18.9 Å². The van der Waals surface area contributed by atoms with Crippen LogP contribution in [0.2, 0.25) is 5.02 Å². The molecule has 0 spiro atoms. The molecule has 2 aliphatic rings. The van der Waals surface area contributed by atoms with Crippen LogP contribution in [-0.4, -0.2) is 48.1 Å². The number of carbonyl (C=O) groups is 1. The third kappa shape index (κ3) is 3.13. The zero-order chi connectivity index (χ0) is 16.4. The molecule has 1 amide bonds. The maximum absolute atomic E-state index is 12.0. The summed E-state index contributed by atoms with van der Waals surface area (Å²) >= 11 is 6.06. The summed E-state index contributed by atoms with van der Waals surface area (Å²) in [5.41, 5.74) is 2.13. The lowest BCUT2D eigenvalue weighted by Gasteiger charge is -2.44. The molecule has 7 heteroatoms. The van der Waals surface area contributed by atoms with Crippen molar-refractivity contribution >= 4 is 23.2 Å². The number of benzene rings is 1. The van der Waals surface area contributed by atoms with Crippen molar-refractivity contribution in [2.45, 2.75) is 25.6 Å². The van der Waals surface area contributed by atoms with E-state index in [1.165, 1.54) is 0 Å². The van der Waals surface area contributed by atoms with Crippen molar-refractivity contribution < 1.29 is 4.79 Å². The Morgan fingerprint density at radius 3 is 3.04 bits per heavy atom. The van der Waals surface area contributed by atoms with E-state index in [1.807, 2.05) is 25.1 Å². The molecule has 1 fully saturated rings. The van der Waals surface area contributed by atoms with Gasteiger partial charge >= 0.3 is 0 Å². The molecule has 6 nitrogen and oxygen atoms in total. The van der Waals surface area contributed by atoms with Crippen LogP contribution in [0.1, 0.15) is 25.1 Å². The molecule has 2 atom stereocenters. The highest BCUT2D eigenvalue weighted by atomic mass is 35.5. The molecule has 2 unspecified atom stereocenters. The Labute approximate surface area is 141 Å². The summed E-state index contributed by atoms with van der Waals surface area (Å²) < 4.78 is 0. The third-order valence-corrected chi connectivity index (χ3v) is 4.67. The maximum Gasteiger partial charge on any atom is 0.223 e. The van der Waals surface area contributed by atoms with Gasteiger partial charge in [-0.2, -0.15) is 5.26 Å². The van der Waals surface area contributed by atoms with Gasteiger partial charge in [0.25, 0.3) is 0 Å². The van der Waals surface area contributed by atoms with Crippen LogP contribution >= 0.6 is 11.6 Å². The highest BCUT2D eigenvalue weighted by molar-refractivity contribution is 6.30. The molecule has 0 saturated carbocycles. The normalized spacial score (nSPS) is 24.5. The van der Waals surface area contributed by atoms with E-state index in [2.05, 4.69) is 21.6 Å². The molecule has 23 heavy (non-hydrogen) atoms. The first kappa shape index (κ1) is 16.1. The molecule has 0 radical (unpaired) electrons. The molecule has 2 N–H and O–H groups in total. The van der Waals surface area contributed by atoms with Gasteiger partial charge in [0.2, 0.25) is 5.91 Å². The van der Waals surface area contributed by atoms with Gasteiger partial charge in [-0.1, -0.05) is 24.6 Å². The fourth-order valence-electron chi connectivity index (χ4n) is 3.25. The highest BCUT2D eigenvalue weighted by Crippen LogP contribution is 2.32. The Hall–Kier alpha value is -1.81. The van der Waals surface area contributed by atoms with E-state index in [9.17, 15) is 10.1 Å². The first-order valence-electron chi connectivity index (χ1n) is 7.84. The average Bonchev–Trinajstić information content (AvgIpc) is 2.59. The molecule has 1 saturated heterocycles. The second kappa shape index (κ2) is 6.75. The summed E-state index contributed by atoms with van der Waals surface area (Å²) in [6.45, 7) is 4.34. The van der Waals surface area contributed by atoms with E-state index in [-0.39, 0.29) is 12.1 Å². The third-order valence-electron chi connectivity index (χ3n) is 4.43. The summed E-state index contributed by atoms with van der Waals surface area (Å²) in [4.78, 5) is 15.9. The Morgan fingerprint density at radius 1 is 1.48 bits per heavy atom. The van der Waals surface area contributed by atoms with E-state index < -0.39 is 6.04 Å². The standard InChI is InChI=1S/C16H20ClN5O/c1-2-15(23)22-6-5-21(9-12(22)8-18)16-13-4-3-11(17)7-14(13)19-10-20-16/h3-4,7,12,16,19-20H,2,5-6,9-10H2,1H3. The van der Waals surface area contributed by atoms with Crippen LogP contribution in [-0.2, 0) is 4.79 Å². The van der Waals surface area contributed by atoms with Crippen LogP contribution in [0.25, 0.3) is 0 Å². The van der Waals surface area contributed by atoms with Crippen LogP contribution in [0, 0.1) is 11.3 Å². The summed E-state index contributed by atoms with van der Waals surface area (Å²) in [6, 6.07) is 7.67. The SMILES string of the molecule is CCC(=O)N1CCN(C2NCNc3cc(Cl)ccc32)CC1C#N. The number of fused-ring (bicyclic) bond motifs is 1. The highest BCUT2D eigenvalue weighted by Gasteiger charge is 2.34. The molecule has 0 bridgehead atoms. The number of carbonyl (C=O) groups excluding carboxylic acids is 1. The number of piperazine rings is 1. The zero-order valence-electron chi connectivity index (χ0n) is 13.1. The number of amides is 1. The number of nitrogens with one attached hydrogen (secondary N) is 2. The molecule has 0 aliphatic carbocycles. The maximum atomic E-state index is 12.0. The largest absolute Gasteiger partial charge is 0.372 e. The second-order valence-electron chi connectivity index (χ2n) is 5.77. The minimum Gasteiger partial charge on any atom is -0.372 e. The predicted molar refractivity (Wildman–Crippen MR) is 88.8 cm³/mol. The summed E-state index contributed by atoms with van der Waals surface area (Å²) in [7, 11) is 0. The number of anilines is 1. The lowest BCUT2D eigenvalue weighted by molar-refractivity contribution is -0.135. The molecule has 1 aromatic rings. The Morgan fingerprint density at radius 2 is 2.30 bits per heavy atom. The van der Waals surface area contributed by atoms with Gasteiger partial charge in [0, 0.05) is 42.3 Å². The first-order chi connectivity index (χ1) is 11.1. The summed E-state index contributed by atoms with van der Waals surface area (Å²) in [6.07, 6.45) is 0.462. The van der Waals surface area contributed by atoms with Gasteiger partial charge in [-0.05, 0) is 12.1 Å². The molecular formula is C16H20ClN5O. The van der Waals surface area contributed by atoms with Gasteiger partial charge in [0.1, 0.15) is 6.04 Å². The number of halogens is 1. The lowest BCUT2D eigenvalue weighted by Crippen LogP contribution is -2.57. The van der Waals surface area contributed by atoms with Gasteiger partial charge in [-0.15, -0.1) is 0 Å². The van der Waals surface area contributed by atoms with Crippen LogP contribution in [0.4, 0.5) is 5.69 Å². The van der Waals surface area contributed by atoms with Crippen molar-refractivity contribution in [1.29, 1.82) is 5.26 Å². The molecular weight excluding hydrogens is 314 g/mol. The van der Waals surface area contributed by atoms with Gasteiger partial charge < -0.3 is 10.2 Å². The van der Waals surface area contributed by atoms with Crippen LogP contribution < -0.4 is 10.6 Å². The smallest absolute Gasteiger partial charge is 0.223 e. The molecule has 0 aromatic heterocycles. The zero-order valence-corrected chi connectivity index (χ0v) is 13.8. The summed E-state index contributed by atoms with van der Waals surface area (Å²) in [5.74, 6) is 0.0432. The van der Waals surface area contributed by atoms with Crippen molar-refractivity contribution in [3.63, 3.8) is 0 Å². The van der Waals surface area contributed by atoms with Crippen molar-refractivity contribution in [3.05, 3.63) is 28.8 Å². The molecule has 2 heterocycles. The van der Waals surface area contributed by atoms with Crippen molar-refractivity contribution in [1.82, 2.24) is 15.1 Å². The Bertz CT molecular complexity index is 644. The van der Waals surface area contributed by atoms with E-state index >= 15 is 0 Å². The van der Waals surface area contributed by atoms with Crippen molar-refractivity contribution in [2.24, 2.45) is 0 Å². The van der Waals surface area contributed by atoms with Crippen molar-refractivity contribution in [3.8, 4) is 6.07 Å². The van der Waals surface area contributed by atoms with E-state index in [4.69, 9.17) is 11.6 Å². The number of rotatable bonds is 2. The van der Waals surface area contributed by atoms with Crippen LogP contribution in [0.3, 0.4) is 0 Å². The molecule has 122 valence electrons. The van der Waals surface area contributed by atoms with Crippen LogP contribution in [0.15, 0.2) is 18.2 Å². The summed E-state index contributed by atoms with van der Waals surface area (Å²) in [5, 5.41) is 16.8. The van der Waals surface area contributed by atoms with E-state index in [1.54, 1.807) is 4.90 Å². The number of nitriles is 1. The fourth-order valence-corrected chi connectivity index (χ4v) is 3.42. The van der Waals surface area contributed by atoms with Crippen LogP contribution in [0.5, 0.6) is 0 Å². The van der Waals surface area contributed by atoms with E-state index in [0.29, 0.717) is 31.2 Å². The molecule has 3 rings (SSSR count). The first-order valence-corrected chi connectivity index (χ1v) is 8.21. The van der Waals surface area contributed by atoms with Gasteiger partial charge in [-0.25, -0.2) is 0 Å². The van der Waals surface area contributed by atoms with Gasteiger partial charge in [0.15, 0.2) is 0 Å². The molecule has 1 aromatic carbocycles. The van der Waals surface area contributed by atoms with E-state index in [0.717, 1.165) is 17.8 Å². The topological polar surface area (TPSA) is 71.4 Å². The predicted octanol–water partition coefficient (Wildman–Crippen LogP) is 1.76.